The van der Waals surface area contributed by atoms with E-state index in [2.05, 4.69) is 22.4 Å². The normalized spacial score (nSPS) is 21.1. The molecule has 23 heavy (non-hydrogen) atoms. The average molecular weight is 317 g/mol. The van der Waals surface area contributed by atoms with Gasteiger partial charge in [0, 0.05) is 6.04 Å². The molecule has 1 saturated carbocycles. The molecule has 1 heterocycles. The lowest BCUT2D eigenvalue weighted by atomic mass is 9.86. The molecule has 0 spiro atoms. The van der Waals surface area contributed by atoms with Crippen LogP contribution in [0.25, 0.3) is 0 Å². The van der Waals surface area contributed by atoms with Gasteiger partial charge >= 0.3 is 11.8 Å². The molecular weight excluding hydrogens is 297 g/mol. The van der Waals surface area contributed by atoms with Crippen LogP contribution < -0.4 is 5.32 Å². The third-order valence-corrected chi connectivity index (χ3v) is 4.36. The minimum absolute atomic E-state index is 0.0140. The number of carbonyl (C=O) groups is 1. The van der Waals surface area contributed by atoms with Crippen molar-refractivity contribution in [3.8, 4) is 0 Å². The molecule has 0 aliphatic heterocycles. The van der Waals surface area contributed by atoms with Crippen molar-refractivity contribution in [2.45, 2.75) is 45.1 Å². The van der Waals surface area contributed by atoms with Crippen molar-refractivity contribution < 1.29 is 13.6 Å². The standard InChI is InChI=1S/C17H20FN3O2/c1-11-4-2-3-5-14(11)19-16(22)17-21-20-15(23-17)10-12-6-8-13(18)9-7-12/h6-9,11,14H,2-5,10H2,1H3,(H,19,22). The number of amides is 1. The molecule has 1 aliphatic carbocycles. The molecule has 1 aromatic heterocycles. The van der Waals surface area contributed by atoms with Gasteiger partial charge in [0.1, 0.15) is 5.82 Å². The summed E-state index contributed by atoms with van der Waals surface area (Å²) >= 11 is 0. The van der Waals surface area contributed by atoms with Gasteiger partial charge in [-0.15, -0.1) is 10.2 Å². The van der Waals surface area contributed by atoms with E-state index in [0.717, 1.165) is 24.8 Å². The number of nitrogens with one attached hydrogen (secondary N) is 1. The Hall–Kier alpha value is -2.24. The minimum atomic E-state index is -0.318. The fourth-order valence-electron chi connectivity index (χ4n) is 2.95. The van der Waals surface area contributed by atoms with E-state index in [1.165, 1.54) is 18.6 Å². The van der Waals surface area contributed by atoms with Gasteiger partial charge in [-0.3, -0.25) is 4.79 Å². The van der Waals surface area contributed by atoms with E-state index in [0.29, 0.717) is 18.2 Å². The third kappa shape index (κ3) is 3.94. The molecule has 0 bridgehead atoms. The predicted octanol–water partition coefficient (Wildman–Crippen LogP) is 3.11. The van der Waals surface area contributed by atoms with E-state index in [-0.39, 0.29) is 23.7 Å². The second-order valence-corrected chi connectivity index (χ2v) is 6.15. The molecule has 2 atom stereocenters. The summed E-state index contributed by atoms with van der Waals surface area (Å²) in [6.45, 7) is 2.15. The molecule has 2 unspecified atom stereocenters. The number of carbonyl (C=O) groups excluding carboxylic acids is 1. The summed E-state index contributed by atoms with van der Waals surface area (Å²) in [5.41, 5.74) is 0.850. The second kappa shape index (κ2) is 6.89. The van der Waals surface area contributed by atoms with Gasteiger partial charge in [-0.2, -0.15) is 0 Å². The molecule has 1 aliphatic rings. The first-order valence-electron chi connectivity index (χ1n) is 7.99. The van der Waals surface area contributed by atoms with Crippen LogP contribution in [0.15, 0.2) is 28.7 Å². The smallest absolute Gasteiger partial charge is 0.309 e. The van der Waals surface area contributed by atoms with Crippen LogP contribution in [0.2, 0.25) is 0 Å². The van der Waals surface area contributed by atoms with Gasteiger partial charge in [0.05, 0.1) is 6.42 Å². The van der Waals surface area contributed by atoms with Crippen LogP contribution in [0.5, 0.6) is 0 Å². The topological polar surface area (TPSA) is 68.0 Å². The summed E-state index contributed by atoms with van der Waals surface area (Å²) in [5, 5.41) is 10.7. The largest absolute Gasteiger partial charge is 0.417 e. The molecule has 6 heteroatoms. The maximum Gasteiger partial charge on any atom is 0.309 e. The van der Waals surface area contributed by atoms with E-state index in [4.69, 9.17) is 4.42 Å². The summed E-state index contributed by atoms with van der Waals surface area (Å²) < 4.78 is 18.3. The van der Waals surface area contributed by atoms with Crippen LogP contribution in [0.1, 0.15) is 54.7 Å². The van der Waals surface area contributed by atoms with Gasteiger partial charge in [0.2, 0.25) is 5.89 Å². The van der Waals surface area contributed by atoms with Gasteiger partial charge in [-0.25, -0.2) is 4.39 Å². The molecule has 1 N–H and O–H groups in total. The molecule has 2 aromatic rings. The van der Waals surface area contributed by atoms with Crippen molar-refractivity contribution in [1.29, 1.82) is 0 Å². The van der Waals surface area contributed by atoms with Crippen LogP contribution in [-0.2, 0) is 6.42 Å². The minimum Gasteiger partial charge on any atom is -0.417 e. The summed E-state index contributed by atoms with van der Waals surface area (Å²) in [7, 11) is 0. The van der Waals surface area contributed by atoms with E-state index in [9.17, 15) is 9.18 Å². The van der Waals surface area contributed by atoms with Crippen molar-refractivity contribution in [3.63, 3.8) is 0 Å². The highest BCUT2D eigenvalue weighted by Crippen LogP contribution is 2.24. The lowest BCUT2D eigenvalue weighted by Gasteiger charge is -2.28. The van der Waals surface area contributed by atoms with E-state index in [1.54, 1.807) is 12.1 Å². The highest BCUT2D eigenvalue weighted by Gasteiger charge is 2.25. The van der Waals surface area contributed by atoms with Crippen molar-refractivity contribution >= 4 is 5.91 Å². The van der Waals surface area contributed by atoms with Gasteiger partial charge in [-0.1, -0.05) is 31.9 Å². The maximum atomic E-state index is 12.9. The maximum absolute atomic E-state index is 12.9. The summed E-state index contributed by atoms with van der Waals surface area (Å²) in [4.78, 5) is 12.2. The molecule has 0 radical (unpaired) electrons. The number of nitrogens with zero attached hydrogens (tertiary/aromatic N) is 2. The SMILES string of the molecule is CC1CCCCC1NC(=O)c1nnc(Cc2ccc(F)cc2)o1. The lowest BCUT2D eigenvalue weighted by molar-refractivity contribution is 0.0873. The van der Waals surface area contributed by atoms with Crippen LogP contribution in [0.3, 0.4) is 0 Å². The molecule has 1 amide bonds. The number of hydrogen-bond acceptors (Lipinski definition) is 4. The van der Waals surface area contributed by atoms with Crippen molar-refractivity contribution in [1.82, 2.24) is 15.5 Å². The van der Waals surface area contributed by atoms with Crippen molar-refractivity contribution in [2.24, 2.45) is 5.92 Å². The second-order valence-electron chi connectivity index (χ2n) is 6.15. The van der Waals surface area contributed by atoms with Gasteiger partial charge in [-0.05, 0) is 36.5 Å². The van der Waals surface area contributed by atoms with Crippen LogP contribution in [0.4, 0.5) is 4.39 Å². The van der Waals surface area contributed by atoms with E-state index >= 15 is 0 Å². The van der Waals surface area contributed by atoms with Gasteiger partial charge < -0.3 is 9.73 Å². The molecule has 1 fully saturated rings. The number of aromatic nitrogens is 2. The number of rotatable bonds is 4. The fourth-order valence-corrected chi connectivity index (χ4v) is 2.95. The Morgan fingerprint density at radius 2 is 2.00 bits per heavy atom. The Morgan fingerprint density at radius 3 is 2.74 bits per heavy atom. The quantitative estimate of drug-likeness (QED) is 0.941. The van der Waals surface area contributed by atoms with Crippen LogP contribution in [-0.4, -0.2) is 22.1 Å². The van der Waals surface area contributed by atoms with Gasteiger partial charge in [0.25, 0.3) is 0 Å². The first-order valence-corrected chi connectivity index (χ1v) is 7.99. The van der Waals surface area contributed by atoms with Crippen molar-refractivity contribution in [2.75, 3.05) is 0 Å². The Labute approximate surface area is 134 Å². The van der Waals surface area contributed by atoms with Crippen LogP contribution in [0, 0.1) is 11.7 Å². The summed E-state index contributed by atoms with van der Waals surface area (Å²) in [6.07, 6.45) is 4.85. The molecule has 5 nitrogen and oxygen atoms in total. The Kier molecular flexibility index (Phi) is 4.69. The number of halogens is 1. The Bertz CT molecular complexity index is 669. The highest BCUT2D eigenvalue weighted by atomic mass is 19.1. The van der Waals surface area contributed by atoms with E-state index in [1.807, 2.05) is 0 Å². The van der Waals surface area contributed by atoms with Crippen LogP contribution >= 0.6 is 0 Å². The Morgan fingerprint density at radius 1 is 1.26 bits per heavy atom. The molecule has 1 aromatic carbocycles. The zero-order valence-electron chi connectivity index (χ0n) is 13.1. The first kappa shape index (κ1) is 15.6. The summed E-state index contributed by atoms with van der Waals surface area (Å²) in [6, 6.07) is 6.24. The number of benzene rings is 1. The molecule has 0 saturated heterocycles. The molecular formula is C17H20FN3O2. The monoisotopic (exact) mass is 317 g/mol. The molecule has 3 rings (SSSR count). The molecule has 122 valence electrons. The van der Waals surface area contributed by atoms with Crippen molar-refractivity contribution in [3.05, 3.63) is 47.4 Å². The first-order chi connectivity index (χ1) is 11.1. The predicted molar refractivity (Wildman–Crippen MR) is 82.4 cm³/mol. The van der Waals surface area contributed by atoms with Gasteiger partial charge in [0.15, 0.2) is 0 Å². The number of hydrogen-bond donors (Lipinski definition) is 1. The zero-order chi connectivity index (χ0) is 16.2. The third-order valence-electron chi connectivity index (χ3n) is 4.36. The fraction of sp³-hybridized carbons (Fsp3) is 0.471. The zero-order valence-corrected chi connectivity index (χ0v) is 13.1. The highest BCUT2D eigenvalue weighted by molar-refractivity contribution is 5.89. The summed E-state index contributed by atoms with van der Waals surface area (Å²) in [5.74, 6) is 0.190. The average Bonchev–Trinajstić information content (AvgIpc) is 3.00. The van der Waals surface area contributed by atoms with E-state index < -0.39 is 0 Å². The Balaban J connectivity index is 1.61. The lowest BCUT2D eigenvalue weighted by Crippen LogP contribution is -2.41.